The second-order valence-corrected chi connectivity index (χ2v) is 6.69. The second kappa shape index (κ2) is 7.51. The van der Waals surface area contributed by atoms with Crippen LogP contribution in [0.1, 0.15) is 36.0 Å². The van der Waals surface area contributed by atoms with Gasteiger partial charge in [-0.05, 0) is 30.5 Å². The van der Waals surface area contributed by atoms with Gasteiger partial charge in [0.05, 0.1) is 6.42 Å². The van der Waals surface area contributed by atoms with Crippen LogP contribution < -0.4 is 10.2 Å². The number of amides is 2. The molecule has 1 aliphatic heterocycles. The number of anilines is 1. The molecule has 25 heavy (non-hydrogen) atoms. The third kappa shape index (κ3) is 4.08. The summed E-state index contributed by atoms with van der Waals surface area (Å²) in [6, 6.07) is 16.1. The van der Waals surface area contributed by atoms with E-state index in [1.165, 1.54) is 5.56 Å². The Hall–Kier alpha value is -2.62. The van der Waals surface area contributed by atoms with Gasteiger partial charge in [0.25, 0.3) is 0 Å². The van der Waals surface area contributed by atoms with Gasteiger partial charge in [-0.25, -0.2) is 0 Å². The summed E-state index contributed by atoms with van der Waals surface area (Å²) >= 11 is 0. The average molecular weight is 336 g/mol. The highest BCUT2D eigenvalue weighted by atomic mass is 16.2. The maximum Gasteiger partial charge on any atom is 0.224 e. The molecule has 3 rings (SSSR count). The van der Waals surface area contributed by atoms with Gasteiger partial charge >= 0.3 is 0 Å². The van der Waals surface area contributed by atoms with Crippen LogP contribution in [0.3, 0.4) is 0 Å². The van der Waals surface area contributed by atoms with Crippen molar-refractivity contribution in [2.75, 3.05) is 18.0 Å². The second-order valence-electron chi connectivity index (χ2n) is 6.69. The molecule has 0 aliphatic carbocycles. The van der Waals surface area contributed by atoms with Crippen LogP contribution >= 0.6 is 0 Å². The summed E-state index contributed by atoms with van der Waals surface area (Å²) in [6.45, 7) is 4.94. The van der Waals surface area contributed by atoms with Crippen molar-refractivity contribution >= 4 is 17.5 Å². The van der Waals surface area contributed by atoms with Crippen LogP contribution in [0, 0.1) is 6.92 Å². The minimum absolute atomic E-state index is 0.0420. The van der Waals surface area contributed by atoms with Crippen molar-refractivity contribution in [1.82, 2.24) is 5.32 Å². The van der Waals surface area contributed by atoms with E-state index < -0.39 is 0 Å². The van der Waals surface area contributed by atoms with Crippen molar-refractivity contribution < 1.29 is 9.59 Å². The first kappa shape index (κ1) is 17.2. The summed E-state index contributed by atoms with van der Waals surface area (Å²) in [6.07, 6.45) is 1.24. The number of carbonyl (C=O) groups is 2. The summed E-state index contributed by atoms with van der Waals surface area (Å²) in [7, 11) is 0. The highest BCUT2D eigenvalue weighted by Crippen LogP contribution is 2.37. The molecule has 0 fully saturated rings. The molecule has 130 valence electrons. The number of nitrogens with one attached hydrogen (secondary N) is 1. The Morgan fingerprint density at radius 2 is 1.96 bits per heavy atom. The quantitative estimate of drug-likeness (QED) is 0.911. The summed E-state index contributed by atoms with van der Waals surface area (Å²) in [4.78, 5) is 25.8. The number of hydrogen-bond donors (Lipinski definition) is 1. The summed E-state index contributed by atoms with van der Waals surface area (Å²) < 4.78 is 0. The van der Waals surface area contributed by atoms with Crippen molar-refractivity contribution in [1.29, 1.82) is 0 Å². The normalized spacial score (nSPS) is 15.8. The number of fused-ring (bicyclic) bond motifs is 1. The predicted octanol–water partition coefficient (Wildman–Crippen LogP) is 3.19. The Morgan fingerprint density at radius 1 is 1.16 bits per heavy atom. The number of rotatable bonds is 5. The van der Waals surface area contributed by atoms with Gasteiger partial charge in [-0.15, -0.1) is 0 Å². The Balaban J connectivity index is 1.54. The molecule has 0 bridgehead atoms. The van der Waals surface area contributed by atoms with Crippen LogP contribution in [-0.4, -0.2) is 24.9 Å². The van der Waals surface area contributed by atoms with Crippen molar-refractivity contribution in [2.45, 2.75) is 32.6 Å². The summed E-state index contributed by atoms with van der Waals surface area (Å²) in [5, 5.41) is 3.01. The molecule has 1 unspecified atom stereocenters. The topological polar surface area (TPSA) is 49.4 Å². The SMILES string of the molecule is CC(=O)N1CC(CCNC(=O)Cc2cccc(C)c2)c2ccccc21. The first-order valence-corrected chi connectivity index (χ1v) is 8.74. The van der Waals surface area contributed by atoms with E-state index in [4.69, 9.17) is 0 Å². The monoisotopic (exact) mass is 336 g/mol. The lowest BCUT2D eigenvalue weighted by molar-refractivity contribution is -0.120. The molecular weight excluding hydrogens is 312 g/mol. The number of carbonyl (C=O) groups excluding carboxylic acids is 2. The summed E-state index contributed by atoms with van der Waals surface area (Å²) in [5.74, 6) is 0.387. The minimum atomic E-state index is 0.0420. The molecule has 1 heterocycles. The molecule has 1 N–H and O–H groups in total. The fourth-order valence-electron chi connectivity index (χ4n) is 3.50. The first-order valence-electron chi connectivity index (χ1n) is 8.74. The Bertz CT molecular complexity index is 785. The number of benzene rings is 2. The molecular formula is C21H24N2O2. The van der Waals surface area contributed by atoms with Crippen molar-refractivity contribution in [3.63, 3.8) is 0 Å². The van der Waals surface area contributed by atoms with Gasteiger partial charge in [0.15, 0.2) is 0 Å². The largest absolute Gasteiger partial charge is 0.356 e. The zero-order valence-electron chi connectivity index (χ0n) is 14.8. The molecule has 4 heteroatoms. The van der Waals surface area contributed by atoms with E-state index in [1.807, 2.05) is 54.3 Å². The standard InChI is InChI=1S/C21H24N2O2/c1-15-6-5-7-17(12-15)13-21(25)22-11-10-18-14-23(16(2)24)20-9-4-3-8-19(18)20/h3-9,12,18H,10-11,13-14H2,1-2H3,(H,22,25). The van der Waals surface area contributed by atoms with E-state index in [1.54, 1.807) is 6.92 Å². The molecule has 2 aromatic carbocycles. The number of para-hydroxylation sites is 1. The van der Waals surface area contributed by atoms with E-state index in [9.17, 15) is 9.59 Å². The van der Waals surface area contributed by atoms with Crippen molar-refractivity contribution in [3.8, 4) is 0 Å². The molecule has 0 spiro atoms. The maximum atomic E-state index is 12.1. The van der Waals surface area contributed by atoms with Gasteiger partial charge in [0, 0.05) is 31.6 Å². The van der Waals surface area contributed by atoms with Gasteiger partial charge in [0.2, 0.25) is 11.8 Å². The predicted molar refractivity (Wildman–Crippen MR) is 99.7 cm³/mol. The smallest absolute Gasteiger partial charge is 0.224 e. The van der Waals surface area contributed by atoms with Crippen LogP contribution in [0.4, 0.5) is 5.69 Å². The molecule has 1 aliphatic rings. The lowest BCUT2D eigenvalue weighted by atomic mass is 9.98. The van der Waals surface area contributed by atoms with E-state index in [-0.39, 0.29) is 17.7 Å². The molecule has 0 saturated carbocycles. The molecule has 0 aromatic heterocycles. The number of hydrogen-bond acceptors (Lipinski definition) is 2. The molecule has 4 nitrogen and oxygen atoms in total. The van der Waals surface area contributed by atoms with Gasteiger partial charge in [-0.2, -0.15) is 0 Å². The zero-order valence-corrected chi connectivity index (χ0v) is 14.8. The lowest BCUT2D eigenvalue weighted by Gasteiger charge is -2.15. The van der Waals surface area contributed by atoms with Gasteiger partial charge in [-0.1, -0.05) is 48.0 Å². The highest BCUT2D eigenvalue weighted by molar-refractivity contribution is 5.94. The fraction of sp³-hybridized carbons (Fsp3) is 0.333. The van der Waals surface area contributed by atoms with E-state index in [2.05, 4.69) is 11.4 Å². The van der Waals surface area contributed by atoms with E-state index in [0.717, 1.165) is 23.2 Å². The maximum absolute atomic E-state index is 12.1. The van der Waals surface area contributed by atoms with Crippen molar-refractivity contribution in [2.24, 2.45) is 0 Å². The summed E-state index contributed by atoms with van der Waals surface area (Å²) in [5.41, 5.74) is 4.40. The molecule has 2 amide bonds. The molecule has 0 saturated heterocycles. The van der Waals surface area contributed by atoms with Crippen LogP contribution in [-0.2, 0) is 16.0 Å². The van der Waals surface area contributed by atoms with Gasteiger partial charge in [-0.3, -0.25) is 9.59 Å². The Kier molecular flexibility index (Phi) is 5.17. The fourth-order valence-corrected chi connectivity index (χ4v) is 3.50. The third-order valence-corrected chi connectivity index (χ3v) is 4.71. The van der Waals surface area contributed by atoms with E-state index in [0.29, 0.717) is 19.5 Å². The molecule has 0 radical (unpaired) electrons. The Morgan fingerprint density at radius 3 is 2.72 bits per heavy atom. The third-order valence-electron chi connectivity index (χ3n) is 4.71. The molecule has 1 atom stereocenters. The highest BCUT2D eigenvalue weighted by Gasteiger charge is 2.29. The average Bonchev–Trinajstić information content (AvgIpc) is 2.94. The number of aryl methyl sites for hydroxylation is 1. The van der Waals surface area contributed by atoms with Gasteiger partial charge < -0.3 is 10.2 Å². The zero-order chi connectivity index (χ0) is 17.8. The van der Waals surface area contributed by atoms with Crippen LogP contribution in [0.15, 0.2) is 48.5 Å². The number of nitrogens with zero attached hydrogens (tertiary/aromatic N) is 1. The van der Waals surface area contributed by atoms with Crippen molar-refractivity contribution in [3.05, 3.63) is 65.2 Å². The van der Waals surface area contributed by atoms with E-state index >= 15 is 0 Å². The van der Waals surface area contributed by atoms with Gasteiger partial charge in [0.1, 0.15) is 0 Å². The van der Waals surface area contributed by atoms with Crippen LogP contribution in [0.5, 0.6) is 0 Å². The minimum Gasteiger partial charge on any atom is -0.356 e. The first-order chi connectivity index (χ1) is 12.0. The molecule has 2 aromatic rings. The van der Waals surface area contributed by atoms with Crippen LogP contribution in [0.25, 0.3) is 0 Å². The Labute approximate surface area is 148 Å². The lowest BCUT2D eigenvalue weighted by Crippen LogP contribution is -2.30. The van der Waals surface area contributed by atoms with Crippen LogP contribution in [0.2, 0.25) is 0 Å².